The van der Waals surface area contributed by atoms with Crippen molar-refractivity contribution >= 4 is 35.3 Å². The van der Waals surface area contributed by atoms with Crippen molar-refractivity contribution in [3.8, 4) is 0 Å². The van der Waals surface area contributed by atoms with Crippen LogP contribution in [0.25, 0.3) is 0 Å². The van der Waals surface area contributed by atoms with Gasteiger partial charge in [0, 0.05) is 19.0 Å². The number of carbonyl (C=O) groups is 3. The second kappa shape index (κ2) is 10.3. The molecule has 2 heterocycles. The monoisotopic (exact) mass is 434 g/mol. The Hall–Kier alpha value is -4.01. The largest absolute Gasteiger partial charge is 0.405 e. The number of nitrogens with two attached hydrogens (primary N) is 2. The number of hydrogen-bond donors (Lipinski definition) is 3. The van der Waals surface area contributed by atoms with Crippen LogP contribution in [0.4, 0.5) is 11.4 Å². The van der Waals surface area contributed by atoms with Crippen LogP contribution in [0.15, 0.2) is 60.0 Å². The molecule has 9 nitrogen and oxygen atoms in total. The molecule has 2 aromatic rings. The van der Waals surface area contributed by atoms with Crippen LogP contribution in [0.5, 0.6) is 0 Å². The van der Waals surface area contributed by atoms with Gasteiger partial charge in [0.15, 0.2) is 0 Å². The molecule has 0 saturated carbocycles. The van der Waals surface area contributed by atoms with Crippen molar-refractivity contribution in [1.82, 2.24) is 9.88 Å². The van der Waals surface area contributed by atoms with E-state index in [1.807, 2.05) is 24.3 Å². The number of allylic oxidation sites excluding steroid dienone is 1. The molecule has 1 aliphatic heterocycles. The van der Waals surface area contributed by atoms with Crippen LogP contribution in [0, 0.1) is 5.92 Å². The highest BCUT2D eigenvalue weighted by atomic mass is 16.2. The number of aliphatic imine (C=N–C) groups is 1. The number of amides is 3. The summed E-state index contributed by atoms with van der Waals surface area (Å²) in [5.74, 6) is -1.82. The van der Waals surface area contributed by atoms with Crippen molar-refractivity contribution in [2.45, 2.75) is 25.8 Å². The highest BCUT2D eigenvalue weighted by molar-refractivity contribution is 6.39. The summed E-state index contributed by atoms with van der Waals surface area (Å²) in [5, 5.41) is 2.52. The Morgan fingerprint density at radius 3 is 2.62 bits per heavy atom. The third kappa shape index (κ3) is 5.57. The van der Waals surface area contributed by atoms with Crippen molar-refractivity contribution in [1.29, 1.82) is 0 Å². The standard InChI is InChI=1S/C23H26N6O3/c1-15-3-8-20(16-4-6-18(7-5-16)27-10-2-9-24)29(14-15)23(32)22(31)28-19-11-17(21(25)30)12-26-13-19/h2,4-7,9-13,15,20H,3,8,14,24H2,1H3,(H2,25,30)(H,28,31)/t15-,20+/m1/s1. The maximum atomic E-state index is 13.1. The van der Waals surface area contributed by atoms with Crippen LogP contribution in [0.1, 0.15) is 41.7 Å². The first-order chi connectivity index (χ1) is 15.4. The fourth-order valence-electron chi connectivity index (χ4n) is 3.64. The molecule has 0 spiro atoms. The van der Waals surface area contributed by atoms with Gasteiger partial charge in [-0.15, -0.1) is 0 Å². The summed E-state index contributed by atoms with van der Waals surface area (Å²) >= 11 is 0. The lowest BCUT2D eigenvalue weighted by atomic mass is 9.89. The minimum Gasteiger partial charge on any atom is -0.405 e. The Morgan fingerprint density at radius 2 is 1.94 bits per heavy atom. The predicted molar refractivity (Wildman–Crippen MR) is 122 cm³/mol. The van der Waals surface area contributed by atoms with E-state index in [1.165, 1.54) is 24.7 Å². The Kier molecular flexibility index (Phi) is 7.33. The highest BCUT2D eigenvalue weighted by Gasteiger charge is 2.34. The smallest absolute Gasteiger partial charge is 0.313 e. The van der Waals surface area contributed by atoms with E-state index in [0.29, 0.717) is 6.54 Å². The molecular weight excluding hydrogens is 408 g/mol. The van der Waals surface area contributed by atoms with Gasteiger partial charge in [-0.2, -0.15) is 0 Å². The number of nitrogens with one attached hydrogen (secondary N) is 1. The minimum absolute atomic E-state index is 0.143. The summed E-state index contributed by atoms with van der Waals surface area (Å²) < 4.78 is 0. The predicted octanol–water partition coefficient (Wildman–Crippen LogP) is 2.29. The third-order valence-electron chi connectivity index (χ3n) is 5.25. The van der Waals surface area contributed by atoms with Gasteiger partial charge in [0.1, 0.15) is 0 Å². The van der Waals surface area contributed by atoms with Crippen LogP contribution >= 0.6 is 0 Å². The summed E-state index contributed by atoms with van der Waals surface area (Å²) in [6.45, 7) is 2.52. The number of benzene rings is 1. The van der Waals surface area contributed by atoms with Gasteiger partial charge in [0.25, 0.3) is 0 Å². The molecular formula is C23H26N6O3. The molecule has 0 bridgehead atoms. The summed E-state index contributed by atoms with van der Waals surface area (Å²) in [6, 6.07) is 8.71. The maximum Gasteiger partial charge on any atom is 0.313 e. The molecule has 0 unspecified atom stereocenters. The first-order valence-corrected chi connectivity index (χ1v) is 10.3. The van der Waals surface area contributed by atoms with Gasteiger partial charge in [0.2, 0.25) is 5.91 Å². The van der Waals surface area contributed by atoms with Crippen LogP contribution in [0.3, 0.4) is 0 Å². The van der Waals surface area contributed by atoms with Crippen LogP contribution in [0.2, 0.25) is 0 Å². The Morgan fingerprint density at radius 1 is 1.19 bits per heavy atom. The number of carbonyl (C=O) groups excluding carboxylic acids is 3. The molecule has 9 heteroatoms. The normalized spacial score (nSPS) is 18.7. The van der Waals surface area contributed by atoms with E-state index in [-0.39, 0.29) is 23.2 Å². The molecule has 32 heavy (non-hydrogen) atoms. The molecule has 1 aromatic heterocycles. The van der Waals surface area contributed by atoms with Crippen molar-refractivity contribution in [3.05, 3.63) is 66.1 Å². The molecule has 1 aliphatic rings. The lowest BCUT2D eigenvalue weighted by Gasteiger charge is -2.38. The van der Waals surface area contributed by atoms with E-state index in [2.05, 4.69) is 22.2 Å². The summed E-state index contributed by atoms with van der Waals surface area (Å²) in [4.78, 5) is 46.8. The molecule has 1 aromatic carbocycles. The molecule has 166 valence electrons. The molecule has 0 radical (unpaired) electrons. The Bertz CT molecular complexity index is 1050. The highest BCUT2D eigenvalue weighted by Crippen LogP contribution is 2.34. The maximum absolute atomic E-state index is 13.1. The third-order valence-corrected chi connectivity index (χ3v) is 5.25. The molecule has 1 saturated heterocycles. The number of aromatic nitrogens is 1. The Balaban J connectivity index is 1.77. The number of piperidine rings is 1. The summed E-state index contributed by atoms with van der Waals surface area (Å²) in [6.07, 6.45) is 8.97. The van der Waals surface area contributed by atoms with E-state index in [0.717, 1.165) is 24.1 Å². The minimum atomic E-state index is -0.790. The zero-order chi connectivity index (χ0) is 23.1. The lowest BCUT2D eigenvalue weighted by molar-refractivity contribution is -0.146. The second-order valence-corrected chi connectivity index (χ2v) is 7.69. The first kappa shape index (κ1) is 22.7. The average Bonchev–Trinajstić information content (AvgIpc) is 2.79. The SMILES string of the molecule is C[C@@H]1CC[C@@H](c2ccc(N=CC=CN)cc2)N(C(=O)C(=O)Nc2cncc(C(N)=O)c2)C1. The molecule has 3 amide bonds. The van der Waals surface area contributed by atoms with Crippen LogP contribution in [-0.2, 0) is 9.59 Å². The molecule has 0 aliphatic carbocycles. The van der Waals surface area contributed by atoms with E-state index in [4.69, 9.17) is 11.5 Å². The van der Waals surface area contributed by atoms with Gasteiger partial charge in [-0.1, -0.05) is 19.1 Å². The Labute approximate surface area is 186 Å². The fourth-order valence-corrected chi connectivity index (χ4v) is 3.64. The number of likely N-dealkylation sites (tertiary alicyclic amines) is 1. The van der Waals surface area contributed by atoms with Crippen LogP contribution in [-0.4, -0.2) is 40.4 Å². The van der Waals surface area contributed by atoms with Gasteiger partial charge in [-0.25, -0.2) is 0 Å². The van der Waals surface area contributed by atoms with Gasteiger partial charge in [-0.3, -0.25) is 24.4 Å². The number of pyridine rings is 1. The fraction of sp³-hybridized carbons (Fsp3) is 0.261. The molecule has 3 rings (SSSR count). The van der Waals surface area contributed by atoms with Crippen molar-refractivity contribution in [2.24, 2.45) is 22.4 Å². The van der Waals surface area contributed by atoms with Crippen molar-refractivity contribution in [3.63, 3.8) is 0 Å². The molecule has 2 atom stereocenters. The van der Waals surface area contributed by atoms with E-state index in [1.54, 1.807) is 17.2 Å². The molecule has 5 N–H and O–H groups in total. The summed E-state index contributed by atoms with van der Waals surface area (Å²) in [7, 11) is 0. The first-order valence-electron chi connectivity index (χ1n) is 10.3. The number of nitrogens with zero attached hydrogens (tertiary/aromatic N) is 3. The van der Waals surface area contributed by atoms with E-state index in [9.17, 15) is 14.4 Å². The zero-order valence-electron chi connectivity index (χ0n) is 17.8. The second-order valence-electron chi connectivity index (χ2n) is 7.69. The number of primary amides is 1. The van der Waals surface area contributed by atoms with Gasteiger partial charge in [-0.05, 0) is 54.8 Å². The quantitative estimate of drug-likeness (QED) is 0.488. The van der Waals surface area contributed by atoms with Crippen molar-refractivity contribution in [2.75, 3.05) is 11.9 Å². The zero-order valence-corrected chi connectivity index (χ0v) is 17.8. The van der Waals surface area contributed by atoms with E-state index >= 15 is 0 Å². The lowest BCUT2D eigenvalue weighted by Crippen LogP contribution is -2.46. The van der Waals surface area contributed by atoms with Crippen molar-refractivity contribution < 1.29 is 14.4 Å². The topological polar surface area (TPSA) is 144 Å². The van der Waals surface area contributed by atoms with Gasteiger partial charge >= 0.3 is 11.8 Å². The average molecular weight is 435 g/mol. The number of hydrogen-bond acceptors (Lipinski definition) is 6. The summed E-state index contributed by atoms with van der Waals surface area (Å²) in [5.41, 5.74) is 12.6. The van der Waals surface area contributed by atoms with E-state index < -0.39 is 17.7 Å². The van der Waals surface area contributed by atoms with Crippen LogP contribution < -0.4 is 16.8 Å². The van der Waals surface area contributed by atoms with Gasteiger partial charge in [0.05, 0.1) is 29.2 Å². The number of anilines is 1. The van der Waals surface area contributed by atoms with Gasteiger partial charge < -0.3 is 21.7 Å². The molecule has 1 fully saturated rings. The number of rotatable bonds is 5.